The van der Waals surface area contributed by atoms with E-state index in [1.807, 2.05) is 19.9 Å². The molecule has 27 heavy (non-hydrogen) atoms. The largest absolute Gasteiger partial charge is 0.481 e. The first-order chi connectivity index (χ1) is 13.0. The van der Waals surface area contributed by atoms with Crippen LogP contribution in [0.25, 0.3) is 0 Å². The van der Waals surface area contributed by atoms with Gasteiger partial charge in [0, 0.05) is 0 Å². The van der Waals surface area contributed by atoms with Crippen LogP contribution in [0.2, 0.25) is 0 Å². The highest BCUT2D eigenvalue weighted by Crippen LogP contribution is 2.26. The molecular weight excluding hydrogens is 334 g/mol. The molecule has 2 atom stereocenters. The van der Waals surface area contributed by atoms with Crippen LogP contribution in [0.4, 0.5) is 0 Å². The van der Waals surface area contributed by atoms with Crippen molar-refractivity contribution in [2.75, 3.05) is 0 Å². The van der Waals surface area contributed by atoms with Crippen molar-refractivity contribution in [2.45, 2.75) is 71.9 Å². The molecule has 2 unspecified atom stereocenters. The Morgan fingerprint density at radius 2 is 1.81 bits per heavy atom. The van der Waals surface area contributed by atoms with Crippen LogP contribution in [0.15, 0.2) is 36.4 Å². The Kier molecular flexibility index (Phi) is 6.20. The van der Waals surface area contributed by atoms with Crippen LogP contribution in [-0.2, 0) is 17.6 Å². The van der Waals surface area contributed by atoms with Crippen molar-refractivity contribution in [3.8, 4) is 5.75 Å². The van der Waals surface area contributed by atoms with Gasteiger partial charge in [-0.3, -0.25) is 4.79 Å². The van der Waals surface area contributed by atoms with Gasteiger partial charge in [0.2, 0.25) is 0 Å². The molecule has 1 N–H and O–H groups in total. The average Bonchev–Trinajstić information content (AvgIpc) is 2.67. The third-order valence-electron chi connectivity index (χ3n) is 5.52. The van der Waals surface area contributed by atoms with Gasteiger partial charge in [0.15, 0.2) is 6.10 Å². The summed E-state index contributed by atoms with van der Waals surface area (Å²) in [5.74, 6) is 0.751. The van der Waals surface area contributed by atoms with E-state index in [2.05, 4.69) is 49.5 Å². The van der Waals surface area contributed by atoms with Crippen LogP contribution in [0, 0.1) is 13.8 Å². The van der Waals surface area contributed by atoms with E-state index in [0.717, 1.165) is 24.2 Å². The molecule has 0 fully saturated rings. The average molecular weight is 366 g/mol. The molecule has 0 aliphatic heterocycles. The Hall–Kier alpha value is -2.29. The number of fused-ring (bicyclic) bond motifs is 1. The second-order valence-electron chi connectivity index (χ2n) is 7.74. The normalized spacial score (nSPS) is 15.6. The predicted molar refractivity (Wildman–Crippen MR) is 110 cm³/mol. The van der Waals surface area contributed by atoms with Crippen LogP contribution >= 0.6 is 0 Å². The first-order valence-corrected chi connectivity index (χ1v) is 10.1. The highest BCUT2D eigenvalue weighted by atomic mass is 16.5. The minimum absolute atomic E-state index is 0.0430. The summed E-state index contributed by atoms with van der Waals surface area (Å²) in [5.41, 5.74) is 6.35. The Labute approximate surface area is 163 Å². The van der Waals surface area contributed by atoms with Crippen LogP contribution < -0.4 is 10.1 Å². The monoisotopic (exact) mass is 365 g/mol. The first kappa shape index (κ1) is 19.5. The Morgan fingerprint density at radius 1 is 1.07 bits per heavy atom. The third-order valence-corrected chi connectivity index (χ3v) is 5.52. The molecule has 2 aromatic carbocycles. The highest BCUT2D eigenvalue weighted by Gasteiger charge is 2.22. The fourth-order valence-corrected chi connectivity index (χ4v) is 3.88. The maximum absolute atomic E-state index is 12.8. The fraction of sp³-hybridized carbons (Fsp3) is 0.458. The van der Waals surface area contributed by atoms with E-state index in [0.29, 0.717) is 6.42 Å². The van der Waals surface area contributed by atoms with Gasteiger partial charge in [0.1, 0.15) is 5.75 Å². The summed E-state index contributed by atoms with van der Waals surface area (Å²) in [6.07, 6.45) is 4.94. The zero-order chi connectivity index (χ0) is 19.4. The van der Waals surface area contributed by atoms with Gasteiger partial charge in [-0.2, -0.15) is 0 Å². The van der Waals surface area contributed by atoms with Gasteiger partial charge >= 0.3 is 0 Å². The molecule has 0 saturated carbocycles. The maximum Gasteiger partial charge on any atom is 0.261 e. The SMILES string of the molecule is CCC(Oc1ccc2c(c1)CCCC2)C(=O)NC(C)c1cc(C)ccc1C. The number of aryl methyl sites for hydroxylation is 4. The predicted octanol–water partition coefficient (Wildman–Crippen LogP) is 5.22. The van der Waals surface area contributed by atoms with Crippen molar-refractivity contribution in [2.24, 2.45) is 0 Å². The lowest BCUT2D eigenvalue weighted by Gasteiger charge is -2.23. The molecule has 1 aliphatic rings. The summed E-state index contributed by atoms with van der Waals surface area (Å²) in [7, 11) is 0. The van der Waals surface area contributed by atoms with E-state index < -0.39 is 6.10 Å². The lowest BCUT2D eigenvalue weighted by molar-refractivity contribution is -0.128. The quantitative estimate of drug-likeness (QED) is 0.762. The number of hydrogen-bond acceptors (Lipinski definition) is 2. The number of rotatable bonds is 6. The zero-order valence-electron chi connectivity index (χ0n) is 17.0. The van der Waals surface area contributed by atoms with Crippen molar-refractivity contribution in [1.29, 1.82) is 0 Å². The fourth-order valence-electron chi connectivity index (χ4n) is 3.88. The Bertz CT molecular complexity index is 812. The molecule has 1 amide bonds. The summed E-state index contributed by atoms with van der Waals surface area (Å²) in [5, 5.41) is 3.13. The van der Waals surface area contributed by atoms with Crippen LogP contribution in [0.5, 0.6) is 5.75 Å². The van der Waals surface area contributed by atoms with Crippen molar-refractivity contribution in [1.82, 2.24) is 5.32 Å². The van der Waals surface area contributed by atoms with Crippen molar-refractivity contribution >= 4 is 5.91 Å². The van der Waals surface area contributed by atoms with Gasteiger partial charge in [-0.1, -0.05) is 36.8 Å². The van der Waals surface area contributed by atoms with E-state index in [9.17, 15) is 4.79 Å². The van der Waals surface area contributed by atoms with E-state index in [1.165, 1.54) is 35.1 Å². The van der Waals surface area contributed by atoms with Gasteiger partial charge in [-0.25, -0.2) is 0 Å². The second-order valence-corrected chi connectivity index (χ2v) is 7.74. The van der Waals surface area contributed by atoms with E-state index in [1.54, 1.807) is 0 Å². The van der Waals surface area contributed by atoms with Crippen LogP contribution in [0.1, 0.15) is 67.0 Å². The standard InChI is InChI=1S/C24H31NO2/c1-5-23(27-21-13-12-19-8-6-7-9-20(19)15-21)24(26)25-18(4)22-14-16(2)10-11-17(22)3/h10-15,18,23H,5-9H2,1-4H3,(H,25,26). The molecule has 1 aliphatic carbocycles. The molecule has 3 rings (SSSR count). The molecule has 0 saturated heterocycles. The molecule has 3 heteroatoms. The number of benzene rings is 2. The van der Waals surface area contributed by atoms with Gasteiger partial charge in [0.25, 0.3) is 5.91 Å². The Balaban J connectivity index is 1.68. The topological polar surface area (TPSA) is 38.3 Å². The van der Waals surface area contributed by atoms with E-state index in [-0.39, 0.29) is 11.9 Å². The summed E-state index contributed by atoms with van der Waals surface area (Å²) < 4.78 is 6.07. The minimum Gasteiger partial charge on any atom is -0.481 e. The molecule has 2 aromatic rings. The van der Waals surface area contributed by atoms with Crippen molar-refractivity contribution < 1.29 is 9.53 Å². The molecular formula is C24H31NO2. The summed E-state index contributed by atoms with van der Waals surface area (Å²) >= 11 is 0. The molecule has 0 heterocycles. The minimum atomic E-state index is -0.473. The molecule has 0 radical (unpaired) electrons. The molecule has 3 nitrogen and oxygen atoms in total. The summed E-state index contributed by atoms with van der Waals surface area (Å²) in [6, 6.07) is 12.6. The lowest BCUT2D eigenvalue weighted by Crippen LogP contribution is -2.39. The van der Waals surface area contributed by atoms with Crippen molar-refractivity contribution in [3.05, 3.63) is 64.2 Å². The van der Waals surface area contributed by atoms with Crippen LogP contribution in [0.3, 0.4) is 0 Å². The highest BCUT2D eigenvalue weighted by molar-refractivity contribution is 5.81. The third kappa shape index (κ3) is 4.71. The second kappa shape index (κ2) is 8.60. The summed E-state index contributed by atoms with van der Waals surface area (Å²) in [6.45, 7) is 8.18. The maximum atomic E-state index is 12.8. The molecule has 0 bridgehead atoms. The molecule has 0 spiro atoms. The van der Waals surface area contributed by atoms with Gasteiger partial charge < -0.3 is 10.1 Å². The van der Waals surface area contributed by atoms with Gasteiger partial charge in [-0.05, 0) is 87.3 Å². The number of hydrogen-bond donors (Lipinski definition) is 1. The van der Waals surface area contributed by atoms with Crippen molar-refractivity contribution in [3.63, 3.8) is 0 Å². The van der Waals surface area contributed by atoms with E-state index >= 15 is 0 Å². The molecule has 0 aromatic heterocycles. The van der Waals surface area contributed by atoms with Gasteiger partial charge in [0.05, 0.1) is 6.04 Å². The number of amides is 1. The molecule has 144 valence electrons. The number of carbonyl (C=O) groups is 1. The first-order valence-electron chi connectivity index (χ1n) is 10.1. The number of ether oxygens (including phenoxy) is 1. The zero-order valence-corrected chi connectivity index (χ0v) is 17.0. The Morgan fingerprint density at radius 3 is 2.56 bits per heavy atom. The lowest BCUT2D eigenvalue weighted by atomic mass is 9.92. The smallest absolute Gasteiger partial charge is 0.261 e. The van der Waals surface area contributed by atoms with Gasteiger partial charge in [-0.15, -0.1) is 0 Å². The number of carbonyl (C=O) groups excluding carboxylic acids is 1. The summed E-state index contributed by atoms with van der Waals surface area (Å²) in [4.78, 5) is 12.8. The van der Waals surface area contributed by atoms with Crippen LogP contribution in [-0.4, -0.2) is 12.0 Å². The van der Waals surface area contributed by atoms with E-state index in [4.69, 9.17) is 4.74 Å². The number of nitrogens with one attached hydrogen (secondary N) is 1.